The zero-order valence-corrected chi connectivity index (χ0v) is 22.5. The topological polar surface area (TPSA) is 83.1 Å². The highest BCUT2D eigenvalue weighted by Crippen LogP contribution is 2.50. The molecule has 2 aromatic rings. The minimum absolute atomic E-state index is 0.0210. The molecule has 8 heteroatoms. The summed E-state index contributed by atoms with van der Waals surface area (Å²) in [6.07, 6.45) is 4.82. The van der Waals surface area contributed by atoms with Crippen molar-refractivity contribution in [2.75, 3.05) is 21.3 Å². The summed E-state index contributed by atoms with van der Waals surface area (Å²) < 4.78 is 22.8. The normalized spacial score (nSPS) is 22.0. The Hall–Kier alpha value is -3.26. The van der Waals surface area contributed by atoms with Gasteiger partial charge >= 0.3 is 5.97 Å². The minimum atomic E-state index is -0.642. The number of methoxy groups -OCH3 is 3. The Labute approximate surface area is 221 Å². The van der Waals surface area contributed by atoms with E-state index in [0.717, 1.165) is 31.4 Å². The van der Waals surface area contributed by atoms with Crippen molar-refractivity contribution in [3.05, 3.63) is 62.6 Å². The van der Waals surface area contributed by atoms with Gasteiger partial charge in [0.05, 0.1) is 32.8 Å². The van der Waals surface area contributed by atoms with Crippen molar-refractivity contribution in [2.45, 2.75) is 63.4 Å². The molecule has 0 radical (unpaired) electrons. The van der Waals surface area contributed by atoms with Gasteiger partial charge in [0.15, 0.2) is 17.3 Å². The molecule has 0 bridgehead atoms. The quantitative estimate of drug-likeness (QED) is 0.472. The molecule has 1 N–H and O–H groups in total. The Morgan fingerprint density at radius 2 is 1.70 bits per heavy atom. The first-order chi connectivity index (χ1) is 17.9. The van der Waals surface area contributed by atoms with Crippen molar-refractivity contribution in [3.8, 4) is 17.2 Å². The number of carbonyl (C=O) groups excluding carboxylic acids is 2. The van der Waals surface area contributed by atoms with Crippen molar-refractivity contribution in [1.82, 2.24) is 5.32 Å². The highest BCUT2D eigenvalue weighted by molar-refractivity contribution is 7.10. The molecule has 3 aliphatic rings. The van der Waals surface area contributed by atoms with Gasteiger partial charge in [0.25, 0.3) is 0 Å². The Morgan fingerprint density at radius 1 is 1.00 bits per heavy atom. The molecule has 2 aliphatic carbocycles. The van der Waals surface area contributed by atoms with Gasteiger partial charge in [-0.3, -0.25) is 4.79 Å². The number of benzene rings is 1. The van der Waals surface area contributed by atoms with Crippen LogP contribution in [0, 0.1) is 0 Å². The summed E-state index contributed by atoms with van der Waals surface area (Å²) in [6.45, 7) is 1.88. The second kappa shape index (κ2) is 10.6. The minimum Gasteiger partial charge on any atom is -0.496 e. The van der Waals surface area contributed by atoms with Crippen LogP contribution in [0.15, 0.2) is 52.2 Å². The molecule has 2 heterocycles. The van der Waals surface area contributed by atoms with E-state index in [-0.39, 0.29) is 17.8 Å². The summed E-state index contributed by atoms with van der Waals surface area (Å²) in [6, 6.07) is 7.65. The van der Waals surface area contributed by atoms with E-state index in [1.807, 2.05) is 24.4 Å². The molecule has 196 valence electrons. The molecule has 37 heavy (non-hydrogen) atoms. The number of nitrogens with one attached hydrogen (secondary N) is 1. The molecule has 1 saturated carbocycles. The molecule has 0 amide bonds. The number of dihydropyridines is 1. The third-order valence-corrected chi connectivity index (χ3v) is 8.65. The SMILES string of the molecule is COc1cc(OC)c([C@H]2C(C(=O)OC3CCCC3)=C(C)NC3=C2C(=O)C[C@H](c2cccs2)C3)cc1OC. The third-order valence-electron chi connectivity index (χ3n) is 7.62. The molecule has 7 nitrogen and oxygen atoms in total. The molecule has 1 aromatic carbocycles. The monoisotopic (exact) mass is 523 g/mol. The van der Waals surface area contributed by atoms with Crippen molar-refractivity contribution < 1.29 is 28.5 Å². The van der Waals surface area contributed by atoms with E-state index in [1.165, 1.54) is 4.88 Å². The predicted molar refractivity (Wildman–Crippen MR) is 141 cm³/mol. The lowest BCUT2D eigenvalue weighted by atomic mass is 9.72. The van der Waals surface area contributed by atoms with E-state index in [4.69, 9.17) is 18.9 Å². The number of Topliss-reactive ketones (excluding diaryl/α,β-unsaturated/α-hetero) is 1. The molecule has 1 fully saturated rings. The first kappa shape index (κ1) is 25.4. The maximum Gasteiger partial charge on any atom is 0.337 e. The average molecular weight is 524 g/mol. The van der Waals surface area contributed by atoms with E-state index >= 15 is 0 Å². The van der Waals surface area contributed by atoms with Crippen LogP contribution in [-0.2, 0) is 14.3 Å². The number of ether oxygens (including phenoxy) is 4. The number of rotatable bonds is 7. The van der Waals surface area contributed by atoms with Crippen LogP contribution in [0.2, 0.25) is 0 Å². The summed E-state index contributed by atoms with van der Waals surface area (Å²) in [5, 5.41) is 5.47. The van der Waals surface area contributed by atoms with Crippen LogP contribution in [0.25, 0.3) is 0 Å². The number of ketones is 1. The van der Waals surface area contributed by atoms with Crippen LogP contribution in [0.5, 0.6) is 17.2 Å². The van der Waals surface area contributed by atoms with Crippen molar-refractivity contribution >= 4 is 23.1 Å². The summed E-state index contributed by atoms with van der Waals surface area (Å²) in [5.41, 5.74) is 3.27. The van der Waals surface area contributed by atoms with Gasteiger partial charge in [0, 0.05) is 45.8 Å². The second-order valence-electron chi connectivity index (χ2n) is 9.79. The molecule has 2 atom stereocenters. The van der Waals surface area contributed by atoms with E-state index in [1.54, 1.807) is 38.7 Å². The van der Waals surface area contributed by atoms with Crippen molar-refractivity contribution in [1.29, 1.82) is 0 Å². The van der Waals surface area contributed by atoms with Crippen LogP contribution >= 0.6 is 11.3 Å². The lowest BCUT2D eigenvalue weighted by Gasteiger charge is -2.37. The summed E-state index contributed by atoms with van der Waals surface area (Å²) in [7, 11) is 4.70. The second-order valence-corrected chi connectivity index (χ2v) is 10.8. The largest absolute Gasteiger partial charge is 0.496 e. The first-order valence-corrected chi connectivity index (χ1v) is 13.6. The smallest absolute Gasteiger partial charge is 0.337 e. The zero-order chi connectivity index (χ0) is 26.1. The highest BCUT2D eigenvalue weighted by atomic mass is 32.1. The Bertz CT molecular complexity index is 1260. The van der Waals surface area contributed by atoms with Gasteiger partial charge < -0.3 is 24.3 Å². The molecule has 1 aliphatic heterocycles. The van der Waals surface area contributed by atoms with Crippen LogP contribution in [-0.4, -0.2) is 39.2 Å². The van der Waals surface area contributed by atoms with Gasteiger partial charge in [0.1, 0.15) is 11.9 Å². The first-order valence-electron chi connectivity index (χ1n) is 12.7. The molecule has 1 aromatic heterocycles. The lowest BCUT2D eigenvalue weighted by molar-refractivity contribution is -0.144. The number of carbonyl (C=O) groups is 2. The summed E-state index contributed by atoms with van der Waals surface area (Å²) >= 11 is 1.67. The van der Waals surface area contributed by atoms with E-state index in [9.17, 15) is 9.59 Å². The molecular weight excluding hydrogens is 490 g/mol. The van der Waals surface area contributed by atoms with E-state index in [2.05, 4.69) is 11.4 Å². The van der Waals surface area contributed by atoms with Gasteiger partial charge in [-0.1, -0.05) is 6.07 Å². The fourth-order valence-corrected chi connectivity index (χ4v) is 6.68. The number of esters is 1. The number of allylic oxidation sites excluding steroid dienone is 3. The van der Waals surface area contributed by atoms with Gasteiger partial charge in [-0.15, -0.1) is 11.3 Å². The Kier molecular flexibility index (Phi) is 7.29. The standard InChI is InChI=1S/C29H33NO6S/c1-16-26(29(32)36-18-8-5-6-9-18)27(19-14-23(34-3)24(35-4)15-22(19)33-2)28-20(30-16)12-17(13-21(28)31)25-10-7-11-37-25/h7,10-11,14-15,17-18,27,30H,5-6,8-9,12-13H2,1-4H3/t17-,27+/m1/s1. The zero-order valence-electron chi connectivity index (χ0n) is 21.7. The predicted octanol–water partition coefficient (Wildman–Crippen LogP) is 5.62. The Morgan fingerprint density at radius 3 is 2.35 bits per heavy atom. The van der Waals surface area contributed by atoms with Crippen LogP contribution in [0.4, 0.5) is 0 Å². The number of hydrogen-bond donors (Lipinski definition) is 1. The van der Waals surface area contributed by atoms with E-state index in [0.29, 0.717) is 52.5 Å². The third kappa shape index (κ3) is 4.75. The molecule has 5 rings (SSSR count). The maximum absolute atomic E-state index is 13.8. The summed E-state index contributed by atoms with van der Waals surface area (Å²) in [4.78, 5) is 28.7. The van der Waals surface area contributed by atoms with Crippen LogP contribution in [0.1, 0.15) is 67.7 Å². The summed E-state index contributed by atoms with van der Waals surface area (Å²) in [5.74, 6) is 0.618. The maximum atomic E-state index is 13.8. The lowest BCUT2D eigenvalue weighted by Crippen LogP contribution is -2.36. The van der Waals surface area contributed by atoms with Gasteiger partial charge in [-0.25, -0.2) is 4.79 Å². The van der Waals surface area contributed by atoms with E-state index < -0.39 is 11.9 Å². The Balaban J connectivity index is 1.64. The van der Waals surface area contributed by atoms with Gasteiger partial charge in [-0.05, 0) is 56.5 Å². The van der Waals surface area contributed by atoms with Crippen LogP contribution < -0.4 is 19.5 Å². The fourth-order valence-electron chi connectivity index (χ4n) is 5.84. The fraction of sp³-hybridized carbons (Fsp3) is 0.448. The average Bonchev–Trinajstić information content (AvgIpc) is 3.61. The number of thiophene rings is 1. The van der Waals surface area contributed by atoms with Crippen molar-refractivity contribution in [3.63, 3.8) is 0 Å². The molecular formula is C29H33NO6S. The molecule has 0 unspecified atom stereocenters. The van der Waals surface area contributed by atoms with Gasteiger partial charge in [0.2, 0.25) is 0 Å². The van der Waals surface area contributed by atoms with Gasteiger partial charge in [-0.2, -0.15) is 0 Å². The molecule has 0 spiro atoms. The number of hydrogen-bond acceptors (Lipinski definition) is 8. The molecule has 0 saturated heterocycles. The van der Waals surface area contributed by atoms with Crippen LogP contribution in [0.3, 0.4) is 0 Å². The highest BCUT2D eigenvalue weighted by Gasteiger charge is 2.43. The van der Waals surface area contributed by atoms with Crippen molar-refractivity contribution in [2.24, 2.45) is 0 Å².